The molecule has 1 aromatic carbocycles. The quantitative estimate of drug-likeness (QED) is 0.652. The van der Waals surface area contributed by atoms with E-state index >= 15 is 0 Å². The van der Waals surface area contributed by atoms with Crippen LogP contribution in [-0.4, -0.2) is 0 Å². The second kappa shape index (κ2) is 6.06. The molecular formula is C16H24ClF. The van der Waals surface area contributed by atoms with Gasteiger partial charge in [0.15, 0.2) is 0 Å². The lowest BCUT2D eigenvalue weighted by atomic mass is 9.80. The maximum absolute atomic E-state index is 13.7. The van der Waals surface area contributed by atoms with Crippen molar-refractivity contribution in [2.45, 2.75) is 52.4 Å². The highest BCUT2D eigenvalue weighted by Crippen LogP contribution is 2.32. The van der Waals surface area contributed by atoms with E-state index in [0.717, 1.165) is 30.2 Å². The smallest absolute Gasteiger partial charge is 0.144 e. The maximum atomic E-state index is 13.7. The van der Waals surface area contributed by atoms with Gasteiger partial charge in [-0.2, -0.15) is 0 Å². The lowest BCUT2D eigenvalue weighted by Crippen LogP contribution is -2.13. The summed E-state index contributed by atoms with van der Waals surface area (Å²) in [6.45, 7) is 4.09. The van der Waals surface area contributed by atoms with Crippen LogP contribution in [0.4, 0.5) is 4.39 Å². The van der Waals surface area contributed by atoms with Crippen LogP contribution in [0.3, 0.4) is 0 Å². The van der Waals surface area contributed by atoms with Gasteiger partial charge in [0.05, 0.1) is 5.02 Å². The van der Waals surface area contributed by atoms with Gasteiger partial charge in [0.25, 0.3) is 0 Å². The van der Waals surface area contributed by atoms with Crippen LogP contribution in [0.5, 0.6) is 0 Å². The zero-order chi connectivity index (χ0) is 13.1. The van der Waals surface area contributed by atoms with E-state index in [0.29, 0.717) is 10.6 Å². The third kappa shape index (κ3) is 3.26. The van der Waals surface area contributed by atoms with Crippen molar-refractivity contribution in [2.24, 2.45) is 11.8 Å². The first-order chi connectivity index (χ1) is 8.58. The van der Waals surface area contributed by atoms with Crippen molar-refractivity contribution in [3.63, 3.8) is 0 Å². The van der Waals surface area contributed by atoms with E-state index in [1.165, 1.54) is 25.7 Å². The molecule has 1 aromatic rings. The summed E-state index contributed by atoms with van der Waals surface area (Å²) in [7, 11) is 0. The van der Waals surface area contributed by atoms with Crippen LogP contribution >= 0.6 is 11.6 Å². The van der Waals surface area contributed by atoms with Crippen molar-refractivity contribution >= 4 is 11.6 Å². The molecule has 0 spiro atoms. The summed E-state index contributed by atoms with van der Waals surface area (Å²) in [5.74, 6) is 1.45. The second-order valence-electron chi connectivity index (χ2n) is 5.83. The van der Waals surface area contributed by atoms with E-state index < -0.39 is 0 Å². The monoisotopic (exact) mass is 270 g/mol. The Labute approximate surface area is 116 Å². The number of benzene rings is 1. The third-order valence-electron chi connectivity index (χ3n) is 4.31. The number of hydrogen-bond acceptors (Lipinski definition) is 0. The minimum absolute atomic E-state index is 0. The highest BCUT2D eigenvalue weighted by molar-refractivity contribution is 6.31. The summed E-state index contributed by atoms with van der Waals surface area (Å²) >= 11 is 6.06. The van der Waals surface area contributed by atoms with Crippen molar-refractivity contribution in [2.75, 3.05) is 0 Å². The van der Waals surface area contributed by atoms with Crippen molar-refractivity contribution in [3.8, 4) is 0 Å². The summed E-state index contributed by atoms with van der Waals surface area (Å²) in [5.41, 5.74) is 1.61. The van der Waals surface area contributed by atoms with Gasteiger partial charge in [-0.15, -0.1) is 0 Å². The highest BCUT2D eigenvalue weighted by atomic mass is 35.5. The lowest BCUT2D eigenvalue weighted by molar-refractivity contribution is 0.277. The number of halogens is 2. The fourth-order valence-corrected chi connectivity index (χ4v) is 3.16. The first-order valence-corrected chi connectivity index (χ1v) is 7.39. The minimum Gasteiger partial charge on any atom is -0.205 e. The first-order valence-electron chi connectivity index (χ1n) is 7.01. The molecule has 18 heavy (non-hydrogen) atoms. The summed E-state index contributed by atoms with van der Waals surface area (Å²) in [4.78, 5) is 0. The molecule has 0 nitrogen and oxygen atoms in total. The summed E-state index contributed by atoms with van der Waals surface area (Å²) in [6, 6.07) is 3.81. The number of hydrogen-bond donors (Lipinski definition) is 0. The first kappa shape index (κ1) is 13.9. The Kier molecular flexibility index (Phi) is 4.66. The minimum atomic E-state index is -0.244. The largest absolute Gasteiger partial charge is 0.205 e. The molecule has 0 aliphatic heterocycles. The molecule has 1 fully saturated rings. The molecule has 0 amide bonds. The average molecular weight is 271 g/mol. The Morgan fingerprint density at radius 1 is 1.28 bits per heavy atom. The molecule has 0 saturated heterocycles. The standard InChI is InChI=1S/C16H22ClF.H2/c1-11-3-6-13(7-4-11)8-10-14-9-5-12(2)16(18)15(14)17;/h5,9,11,13H,3-4,6-8,10H2,1-2H3;1H. The van der Waals surface area contributed by atoms with E-state index in [9.17, 15) is 4.39 Å². The van der Waals surface area contributed by atoms with Gasteiger partial charge in [-0.3, -0.25) is 0 Å². The van der Waals surface area contributed by atoms with Crippen LogP contribution in [0.25, 0.3) is 0 Å². The molecule has 1 saturated carbocycles. The van der Waals surface area contributed by atoms with E-state index in [2.05, 4.69) is 6.92 Å². The van der Waals surface area contributed by atoms with Gasteiger partial charge in [0.1, 0.15) is 5.82 Å². The van der Waals surface area contributed by atoms with E-state index in [-0.39, 0.29) is 7.24 Å². The molecule has 0 bridgehead atoms. The predicted octanol–water partition coefficient (Wildman–Crippen LogP) is 5.79. The molecule has 1 aliphatic rings. The van der Waals surface area contributed by atoms with E-state index in [1.54, 1.807) is 6.92 Å². The molecule has 0 N–H and O–H groups in total. The van der Waals surface area contributed by atoms with Crippen LogP contribution in [0, 0.1) is 24.6 Å². The maximum Gasteiger partial charge on any atom is 0.144 e. The molecule has 102 valence electrons. The van der Waals surface area contributed by atoms with Crippen LogP contribution in [0.15, 0.2) is 12.1 Å². The Bertz CT molecular complexity index is 411. The molecule has 2 rings (SSSR count). The Hall–Kier alpha value is -0.560. The molecule has 0 atom stereocenters. The van der Waals surface area contributed by atoms with Gasteiger partial charge in [-0.25, -0.2) is 4.39 Å². The van der Waals surface area contributed by atoms with Crippen molar-refractivity contribution in [1.29, 1.82) is 0 Å². The Balaban J connectivity index is 0.00000180. The van der Waals surface area contributed by atoms with Gasteiger partial charge in [0, 0.05) is 1.43 Å². The van der Waals surface area contributed by atoms with E-state index in [1.807, 2.05) is 12.1 Å². The van der Waals surface area contributed by atoms with Gasteiger partial charge in [-0.05, 0) is 42.7 Å². The van der Waals surface area contributed by atoms with Crippen molar-refractivity contribution < 1.29 is 5.82 Å². The Morgan fingerprint density at radius 2 is 1.94 bits per heavy atom. The van der Waals surface area contributed by atoms with Gasteiger partial charge in [-0.1, -0.05) is 56.3 Å². The van der Waals surface area contributed by atoms with Gasteiger partial charge in [0.2, 0.25) is 0 Å². The fraction of sp³-hybridized carbons (Fsp3) is 0.625. The molecule has 0 heterocycles. The topological polar surface area (TPSA) is 0 Å². The van der Waals surface area contributed by atoms with Crippen LogP contribution < -0.4 is 0 Å². The summed E-state index contributed by atoms with van der Waals surface area (Å²) < 4.78 is 13.7. The molecule has 0 radical (unpaired) electrons. The van der Waals surface area contributed by atoms with Crippen LogP contribution in [-0.2, 0) is 6.42 Å². The van der Waals surface area contributed by atoms with Crippen LogP contribution in [0.2, 0.25) is 5.02 Å². The Morgan fingerprint density at radius 3 is 2.61 bits per heavy atom. The number of rotatable bonds is 3. The fourth-order valence-electron chi connectivity index (χ4n) is 2.86. The lowest BCUT2D eigenvalue weighted by Gasteiger charge is -2.26. The molecule has 1 aliphatic carbocycles. The van der Waals surface area contributed by atoms with Crippen molar-refractivity contribution in [3.05, 3.63) is 34.1 Å². The van der Waals surface area contributed by atoms with Gasteiger partial charge < -0.3 is 0 Å². The highest BCUT2D eigenvalue weighted by Gasteiger charge is 2.18. The van der Waals surface area contributed by atoms with Crippen LogP contribution in [0.1, 0.15) is 51.6 Å². The molecule has 0 aromatic heterocycles. The number of aryl methyl sites for hydroxylation is 2. The van der Waals surface area contributed by atoms with Gasteiger partial charge >= 0.3 is 0 Å². The summed E-state index contributed by atoms with van der Waals surface area (Å²) in [5, 5.41) is 0.333. The second-order valence-corrected chi connectivity index (χ2v) is 6.21. The molecule has 0 unspecified atom stereocenters. The molecule has 2 heteroatoms. The third-order valence-corrected chi connectivity index (χ3v) is 4.72. The van der Waals surface area contributed by atoms with E-state index in [4.69, 9.17) is 11.6 Å². The normalized spacial score (nSPS) is 24.2. The molecular weight excluding hydrogens is 247 g/mol. The predicted molar refractivity (Wildman–Crippen MR) is 77.7 cm³/mol. The zero-order valence-corrected chi connectivity index (χ0v) is 12.1. The summed E-state index contributed by atoms with van der Waals surface area (Å²) in [6.07, 6.45) is 7.41. The average Bonchev–Trinajstić information content (AvgIpc) is 2.37. The SMILES string of the molecule is Cc1ccc(CCC2CCC(C)CC2)c(Cl)c1F.[HH]. The zero-order valence-electron chi connectivity index (χ0n) is 11.3. The van der Waals surface area contributed by atoms with Crippen molar-refractivity contribution in [1.82, 2.24) is 0 Å².